The van der Waals surface area contributed by atoms with E-state index >= 15 is 0 Å². The fourth-order valence-corrected chi connectivity index (χ4v) is 4.71. The zero-order valence-corrected chi connectivity index (χ0v) is 17.9. The summed E-state index contributed by atoms with van der Waals surface area (Å²) in [6.07, 6.45) is 1.75. The lowest BCUT2D eigenvalue weighted by Gasteiger charge is -2.29. The van der Waals surface area contributed by atoms with Gasteiger partial charge in [0.1, 0.15) is 12.4 Å². The molecule has 0 aromatic heterocycles. The van der Waals surface area contributed by atoms with Crippen LogP contribution < -0.4 is 10.1 Å². The lowest BCUT2D eigenvalue weighted by atomic mass is 10.0. The Labute approximate surface area is 176 Å². The van der Waals surface area contributed by atoms with E-state index in [0.29, 0.717) is 48.5 Å². The predicted octanol–water partition coefficient (Wildman–Crippen LogP) is 3.57. The van der Waals surface area contributed by atoms with Gasteiger partial charge in [0.15, 0.2) is 0 Å². The van der Waals surface area contributed by atoms with E-state index in [9.17, 15) is 13.2 Å². The zero-order chi connectivity index (χ0) is 20.9. The molecule has 1 fully saturated rings. The van der Waals surface area contributed by atoms with Crippen molar-refractivity contribution in [3.8, 4) is 5.75 Å². The minimum Gasteiger partial charge on any atom is -0.492 e. The van der Waals surface area contributed by atoms with Gasteiger partial charge in [0.05, 0.1) is 11.4 Å². The molecule has 1 amide bonds. The van der Waals surface area contributed by atoms with Crippen molar-refractivity contribution in [3.05, 3.63) is 59.1 Å². The highest BCUT2D eigenvalue weighted by Gasteiger charge is 2.28. The number of nitrogens with zero attached hydrogens (tertiary/aromatic N) is 1. The lowest BCUT2D eigenvalue weighted by molar-refractivity contribution is 0.0947. The molecule has 156 valence electrons. The minimum absolute atomic E-state index is 0.217. The first-order valence-electron chi connectivity index (χ1n) is 9.63. The van der Waals surface area contributed by atoms with Crippen molar-refractivity contribution in [3.63, 3.8) is 0 Å². The number of hydrogen-bond acceptors (Lipinski definition) is 4. The number of carbonyl (C=O) groups is 1. The van der Waals surface area contributed by atoms with E-state index in [1.165, 1.54) is 28.6 Å². The fraction of sp³-hybridized carbons (Fsp3) is 0.381. The van der Waals surface area contributed by atoms with Crippen molar-refractivity contribution in [2.45, 2.75) is 24.7 Å². The van der Waals surface area contributed by atoms with Crippen molar-refractivity contribution in [1.82, 2.24) is 9.62 Å². The fourth-order valence-electron chi connectivity index (χ4n) is 3.12. The average Bonchev–Trinajstić information content (AvgIpc) is 2.73. The SMILES string of the molecule is CC1CCN(S(=O)(=O)c2ccc(C(=O)NCCOc3ccc(Cl)cc3)cc2)CC1. The van der Waals surface area contributed by atoms with Crippen LogP contribution in [0.4, 0.5) is 0 Å². The first-order chi connectivity index (χ1) is 13.9. The van der Waals surface area contributed by atoms with E-state index in [2.05, 4.69) is 12.2 Å². The zero-order valence-electron chi connectivity index (χ0n) is 16.3. The number of piperidine rings is 1. The Bertz CT molecular complexity index is 922. The lowest BCUT2D eigenvalue weighted by Crippen LogP contribution is -2.37. The molecule has 1 heterocycles. The number of halogens is 1. The number of amides is 1. The molecule has 0 aliphatic carbocycles. The van der Waals surface area contributed by atoms with Crippen LogP contribution in [-0.2, 0) is 10.0 Å². The molecule has 0 bridgehead atoms. The molecule has 2 aromatic carbocycles. The molecule has 1 aliphatic rings. The molecular formula is C21H25ClN2O4S. The highest BCUT2D eigenvalue weighted by atomic mass is 35.5. The predicted molar refractivity (Wildman–Crippen MR) is 113 cm³/mol. The molecule has 0 spiro atoms. The Morgan fingerprint density at radius 3 is 2.34 bits per heavy atom. The van der Waals surface area contributed by atoms with Crippen LogP contribution in [0.15, 0.2) is 53.4 Å². The third-order valence-electron chi connectivity index (χ3n) is 4.97. The second-order valence-corrected chi connectivity index (χ2v) is 9.54. The molecular weight excluding hydrogens is 412 g/mol. The van der Waals surface area contributed by atoms with Gasteiger partial charge >= 0.3 is 0 Å². The topological polar surface area (TPSA) is 75.7 Å². The maximum atomic E-state index is 12.7. The Balaban J connectivity index is 1.51. The quantitative estimate of drug-likeness (QED) is 0.673. The summed E-state index contributed by atoms with van der Waals surface area (Å²) >= 11 is 5.82. The standard InChI is InChI=1S/C21H25ClN2O4S/c1-16-10-13-24(14-11-16)29(26,27)20-8-2-17(3-9-20)21(25)23-12-15-28-19-6-4-18(22)5-7-19/h2-9,16H,10-15H2,1H3,(H,23,25). The van der Waals surface area contributed by atoms with Crippen LogP contribution in [0.1, 0.15) is 30.1 Å². The Hall–Kier alpha value is -2.09. The monoisotopic (exact) mass is 436 g/mol. The first-order valence-corrected chi connectivity index (χ1v) is 11.4. The van der Waals surface area contributed by atoms with Gasteiger partial charge in [-0.25, -0.2) is 8.42 Å². The molecule has 3 rings (SSSR count). The summed E-state index contributed by atoms with van der Waals surface area (Å²) in [6.45, 7) is 3.86. The Morgan fingerprint density at radius 1 is 1.10 bits per heavy atom. The van der Waals surface area contributed by atoms with Crippen LogP contribution in [0.3, 0.4) is 0 Å². The molecule has 0 radical (unpaired) electrons. The molecule has 1 aliphatic heterocycles. The van der Waals surface area contributed by atoms with Crippen molar-refractivity contribution < 1.29 is 17.9 Å². The Morgan fingerprint density at radius 2 is 1.72 bits per heavy atom. The number of benzene rings is 2. The number of sulfonamides is 1. The van der Waals surface area contributed by atoms with Gasteiger partial charge in [-0.1, -0.05) is 18.5 Å². The number of rotatable bonds is 7. The molecule has 0 unspecified atom stereocenters. The van der Waals surface area contributed by atoms with Crippen molar-refractivity contribution in [1.29, 1.82) is 0 Å². The molecule has 2 aromatic rings. The van der Waals surface area contributed by atoms with Gasteiger partial charge in [-0.3, -0.25) is 4.79 Å². The van der Waals surface area contributed by atoms with Crippen LogP contribution in [0.2, 0.25) is 5.02 Å². The van der Waals surface area contributed by atoms with Gasteiger partial charge in [-0.15, -0.1) is 0 Å². The normalized spacial score (nSPS) is 15.8. The van der Waals surface area contributed by atoms with Crippen molar-refractivity contribution in [2.24, 2.45) is 5.92 Å². The van der Waals surface area contributed by atoms with Crippen LogP contribution in [0, 0.1) is 5.92 Å². The molecule has 0 atom stereocenters. The average molecular weight is 437 g/mol. The maximum absolute atomic E-state index is 12.7. The first kappa shape index (κ1) is 21.6. The summed E-state index contributed by atoms with van der Waals surface area (Å²) < 4.78 is 32.5. The minimum atomic E-state index is -3.51. The summed E-state index contributed by atoms with van der Waals surface area (Å²) in [4.78, 5) is 12.5. The highest BCUT2D eigenvalue weighted by molar-refractivity contribution is 7.89. The molecule has 1 N–H and O–H groups in total. The summed E-state index contributed by atoms with van der Waals surface area (Å²) in [6, 6.07) is 13.0. The Kier molecular flexibility index (Phi) is 7.16. The number of carbonyl (C=O) groups excluding carboxylic acids is 1. The summed E-state index contributed by atoms with van der Waals surface area (Å²) in [5.74, 6) is 0.946. The molecule has 6 nitrogen and oxygen atoms in total. The third-order valence-corrected chi connectivity index (χ3v) is 7.13. The van der Waals surface area contributed by atoms with Gasteiger partial charge in [0, 0.05) is 23.7 Å². The van der Waals surface area contributed by atoms with Crippen LogP contribution in [0.5, 0.6) is 5.75 Å². The highest BCUT2D eigenvalue weighted by Crippen LogP contribution is 2.23. The summed E-state index contributed by atoms with van der Waals surface area (Å²) in [7, 11) is -3.51. The van der Waals surface area contributed by atoms with Gasteiger partial charge < -0.3 is 10.1 Å². The number of hydrogen-bond donors (Lipinski definition) is 1. The van der Waals surface area contributed by atoms with Gasteiger partial charge in [0.25, 0.3) is 5.91 Å². The van der Waals surface area contributed by atoms with E-state index in [-0.39, 0.29) is 10.8 Å². The third kappa shape index (κ3) is 5.72. The summed E-state index contributed by atoms with van der Waals surface area (Å²) in [5.41, 5.74) is 0.405. The maximum Gasteiger partial charge on any atom is 0.251 e. The largest absolute Gasteiger partial charge is 0.492 e. The van der Waals surface area contributed by atoms with E-state index in [4.69, 9.17) is 16.3 Å². The van der Waals surface area contributed by atoms with E-state index in [1.807, 2.05) is 0 Å². The van der Waals surface area contributed by atoms with E-state index in [1.54, 1.807) is 24.3 Å². The number of ether oxygens (including phenoxy) is 1. The smallest absolute Gasteiger partial charge is 0.251 e. The van der Waals surface area contributed by atoms with Gasteiger partial charge in [-0.2, -0.15) is 4.31 Å². The van der Waals surface area contributed by atoms with Gasteiger partial charge in [0.2, 0.25) is 10.0 Å². The molecule has 8 heteroatoms. The van der Waals surface area contributed by atoms with Gasteiger partial charge in [-0.05, 0) is 67.3 Å². The van der Waals surface area contributed by atoms with Crippen molar-refractivity contribution >= 4 is 27.5 Å². The second-order valence-electron chi connectivity index (χ2n) is 7.17. The molecule has 29 heavy (non-hydrogen) atoms. The van der Waals surface area contributed by atoms with Crippen LogP contribution in [-0.4, -0.2) is 44.9 Å². The van der Waals surface area contributed by atoms with E-state index < -0.39 is 10.0 Å². The number of nitrogens with one attached hydrogen (secondary N) is 1. The molecule has 1 saturated heterocycles. The van der Waals surface area contributed by atoms with Crippen LogP contribution >= 0.6 is 11.6 Å². The van der Waals surface area contributed by atoms with E-state index in [0.717, 1.165) is 12.8 Å². The van der Waals surface area contributed by atoms with Crippen molar-refractivity contribution in [2.75, 3.05) is 26.2 Å². The second kappa shape index (κ2) is 9.61. The summed E-state index contributed by atoms with van der Waals surface area (Å²) in [5, 5.41) is 3.39. The molecule has 0 saturated carbocycles. The van der Waals surface area contributed by atoms with Crippen LogP contribution in [0.25, 0.3) is 0 Å².